The first-order valence-corrected chi connectivity index (χ1v) is 6.53. The molecule has 1 fully saturated rings. The van der Waals surface area contributed by atoms with Crippen LogP contribution in [0.1, 0.15) is 42.3 Å². The van der Waals surface area contributed by atoms with Gasteiger partial charge in [0.2, 0.25) is 0 Å². The summed E-state index contributed by atoms with van der Waals surface area (Å²) in [5.74, 6) is 1.24. The molecule has 2 aromatic rings. The fourth-order valence-corrected chi connectivity index (χ4v) is 2.41. The average Bonchev–Trinajstić information content (AvgIpc) is 3.11. The van der Waals surface area contributed by atoms with Gasteiger partial charge in [-0.3, -0.25) is 0 Å². The van der Waals surface area contributed by atoms with Crippen molar-refractivity contribution in [3.8, 4) is 0 Å². The van der Waals surface area contributed by atoms with E-state index < -0.39 is 0 Å². The molecule has 1 saturated heterocycles. The number of benzene rings is 1. The third kappa shape index (κ3) is 2.52. The molecule has 1 aliphatic heterocycles. The molecule has 2 atom stereocenters. The molecule has 3 rings (SSSR count). The Morgan fingerprint density at radius 2 is 2.21 bits per heavy atom. The van der Waals surface area contributed by atoms with Gasteiger partial charge in [-0.05, 0) is 24.9 Å². The van der Waals surface area contributed by atoms with Crippen molar-refractivity contribution >= 4 is 0 Å². The van der Waals surface area contributed by atoms with Crippen molar-refractivity contribution in [1.29, 1.82) is 0 Å². The van der Waals surface area contributed by atoms with E-state index in [1.165, 1.54) is 0 Å². The third-order valence-electron chi connectivity index (χ3n) is 3.39. The number of nitrogens with one attached hydrogen (secondary N) is 1. The minimum atomic E-state index is -0.302. The molecule has 19 heavy (non-hydrogen) atoms. The number of rotatable bonds is 4. The molecule has 5 nitrogen and oxygen atoms in total. The van der Waals surface area contributed by atoms with E-state index in [2.05, 4.69) is 15.5 Å². The first-order chi connectivity index (χ1) is 9.38. The number of ether oxygens (including phenoxy) is 1. The van der Waals surface area contributed by atoms with Crippen molar-refractivity contribution in [2.75, 3.05) is 13.7 Å². The van der Waals surface area contributed by atoms with Crippen LogP contribution in [-0.2, 0) is 4.74 Å². The number of nitrogens with zero attached hydrogens (tertiary/aromatic N) is 2. The number of hydrogen-bond acceptors (Lipinski definition) is 5. The molecular weight excluding hydrogens is 242 g/mol. The largest absolute Gasteiger partial charge is 0.367 e. The topological polar surface area (TPSA) is 60.2 Å². The lowest BCUT2D eigenvalue weighted by Gasteiger charge is -2.10. The molecule has 0 spiro atoms. The maximum absolute atomic E-state index is 5.48. The number of aromatic nitrogens is 2. The normalized spacial score (nSPS) is 20.6. The Morgan fingerprint density at radius 1 is 1.37 bits per heavy atom. The van der Waals surface area contributed by atoms with Gasteiger partial charge in [0.15, 0.2) is 11.9 Å². The van der Waals surface area contributed by atoms with Gasteiger partial charge in [-0.1, -0.05) is 35.5 Å². The molecule has 1 aromatic heterocycles. The first-order valence-electron chi connectivity index (χ1n) is 6.53. The summed E-state index contributed by atoms with van der Waals surface area (Å²) in [6, 6.07) is 10.1. The summed E-state index contributed by atoms with van der Waals surface area (Å²) < 4.78 is 10.8. The molecule has 0 saturated carbocycles. The summed E-state index contributed by atoms with van der Waals surface area (Å²) in [5.41, 5.74) is 1.01. The Bertz CT molecular complexity index is 520. The molecular formula is C14H17N3O2. The van der Waals surface area contributed by atoms with Crippen molar-refractivity contribution < 1.29 is 9.26 Å². The Hall–Kier alpha value is -1.72. The van der Waals surface area contributed by atoms with Crippen LogP contribution < -0.4 is 5.32 Å². The van der Waals surface area contributed by atoms with Crippen molar-refractivity contribution in [3.05, 3.63) is 47.6 Å². The zero-order valence-corrected chi connectivity index (χ0v) is 10.9. The summed E-state index contributed by atoms with van der Waals surface area (Å²) in [4.78, 5) is 4.47. The highest BCUT2D eigenvalue weighted by Gasteiger charge is 2.25. The maximum atomic E-state index is 5.48. The SMILES string of the molecule is COC(c1ccccc1)c1nc(C2CCCN2)no1. The van der Waals surface area contributed by atoms with Crippen LogP contribution in [0.15, 0.2) is 34.9 Å². The maximum Gasteiger partial charge on any atom is 0.260 e. The Kier molecular flexibility index (Phi) is 3.57. The molecule has 0 amide bonds. The van der Waals surface area contributed by atoms with Crippen LogP contribution >= 0.6 is 0 Å². The molecule has 100 valence electrons. The monoisotopic (exact) mass is 259 g/mol. The van der Waals surface area contributed by atoms with Gasteiger partial charge in [0.1, 0.15) is 0 Å². The van der Waals surface area contributed by atoms with Crippen LogP contribution in [-0.4, -0.2) is 23.8 Å². The molecule has 2 unspecified atom stereocenters. The van der Waals surface area contributed by atoms with Crippen molar-refractivity contribution in [2.24, 2.45) is 0 Å². The van der Waals surface area contributed by atoms with E-state index in [9.17, 15) is 0 Å². The highest BCUT2D eigenvalue weighted by atomic mass is 16.5. The summed E-state index contributed by atoms with van der Waals surface area (Å²) in [6.07, 6.45) is 1.91. The van der Waals surface area contributed by atoms with Gasteiger partial charge in [0.05, 0.1) is 6.04 Å². The van der Waals surface area contributed by atoms with E-state index in [-0.39, 0.29) is 12.1 Å². The standard InChI is InChI=1S/C14H17N3O2/c1-18-12(10-6-3-2-4-7-10)14-16-13(17-19-14)11-8-5-9-15-11/h2-4,6-7,11-12,15H,5,8-9H2,1H3. The Labute approximate surface area is 112 Å². The predicted octanol–water partition coefficient (Wildman–Crippen LogP) is 2.23. The van der Waals surface area contributed by atoms with Crippen LogP contribution in [0.4, 0.5) is 0 Å². The van der Waals surface area contributed by atoms with Gasteiger partial charge >= 0.3 is 0 Å². The quantitative estimate of drug-likeness (QED) is 0.912. The zero-order valence-electron chi connectivity index (χ0n) is 10.9. The first kappa shape index (κ1) is 12.3. The van der Waals surface area contributed by atoms with Gasteiger partial charge < -0.3 is 14.6 Å². The second-order valence-electron chi connectivity index (χ2n) is 4.67. The molecule has 1 N–H and O–H groups in total. The highest BCUT2D eigenvalue weighted by molar-refractivity contribution is 5.22. The lowest BCUT2D eigenvalue weighted by molar-refractivity contribution is 0.105. The van der Waals surface area contributed by atoms with E-state index in [0.29, 0.717) is 5.89 Å². The van der Waals surface area contributed by atoms with Crippen LogP contribution in [0.3, 0.4) is 0 Å². The zero-order chi connectivity index (χ0) is 13.1. The smallest absolute Gasteiger partial charge is 0.260 e. The second kappa shape index (κ2) is 5.50. The molecule has 1 aliphatic rings. The predicted molar refractivity (Wildman–Crippen MR) is 69.6 cm³/mol. The highest BCUT2D eigenvalue weighted by Crippen LogP contribution is 2.26. The third-order valence-corrected chi connectivity index (χ3v) is 3.39. The molecule has 1 aromatic carbocycles. The van der Waals surface area contributed by atoms with Crippen molar-refractivity contribution in [1.82, 2.24) is 15.5 Å². The van der Waals surface area contributed by atoms with Gasteiger partial charge in [0.25, 0.3) is 5.89 Å². The Morgan fingerprint density at radius 3 is 2.89 bits per heavy atom. The van der Waals surface area contributed by atoms with Gasteiger partial charge in [0, 0.05) is 7.11 Å². The van der Waals surface area contributed by atoms with Crippen molar-refractivity contribution in [3.63, 3.8) is 0 Å². The van der Waals surface area contributed by atoms with E-state index in [4.69, 9.17) is 9.26 Å². The average molecular weight is 259 g/mol. The molecule has 0 aliphatic carbocycles. The number of methoxy groups -OCH3 is 1. The summed E-state index contributed by atoms with van der Waals surface area (Å²) in [6.45, 7) is 1.01. The Balaban J connectivity index is 1.84. The minimum Gasteiger partial charge on any atom is -0.367 e. The number of hydrogen-bond donors (Lipinski definition) is 1. The van der Waals surface area contributed by atoms with E-state index in [1.54, 1.807) is 7.11 Å². The van der Waals surface area contributed by atoms with Gasteiger partial charge in [-0.25, -0.2) is 0 Å². The van der Waals surface area contributed by atoms with Crippen LogP contribution in [0.5, 0.6) is 0 Å². The van der Waals surface area contributed by atoms with Crippen molar-refractivity contribution in [2.45, 2.75) is 25.0 Å². The summed E-state index contributed by atoms with van der Waals surface area (Å²) in [5, 5.41) is 7.42. The molecule has 5 heteroatoms. The fourth-order valence-electron chi connectivity index (χ4n) is 2.41. The van der Waals surface area contributed by atoms with Gasteiger partial charge in [-0.2, -0.15) is 4.98 Å². The minimum absolute atomic E-state index is 0.214. The van der Waals surface area contributed by atoms with Crippen LogP contribution in [0.25, 0.3) is 0 Å². The van der Waals surface area contributed by atoms with E-state index >= 15 is 0 Å². The fraction of sp³-hybridized carbons (Fsp3) is 0.429. The lowest BCUT2D eigenvalue weighted by atomic mass is 10.1. The lowest BCUT2D eigenvalue weighted by Crippen LogP contribution is -2.14. The van der Waals surface area contributed by atoms with Crippen LogP contribution in [0.2, 0.25) is 0 Å². The van der Waals surface area contributed by atoms with Gasteiger partial charge in [-0.15, -0.1) is 0 Å². The molecule has 0 radical (unpaired) electrons. The summed E-state index contributed by atoms with van der Waals surface area (Å²) in [7, 11) is 1.65. The molecule has 0 bridgehead atoms. The summed E-state index contributed by atoms with van der Waals surface area (Å²) >= 11 is 0. The van der Waals surface area contributed by atoms with E-state index in [1.807, 2.05) is 30.3 Å². The van der Waals surface area contributed by atoms with E-state index in [0.717, 1.165) is 30.8 Å². The second-order valence-corrected chi connectivity index (χ2v) is 4.67. The van der Waals surface area contributed by atoms with Crippen LogP contribution in [0, 0.1) is 0 Å². The molecule has 2 heterocycles.